The van der Waals surface area contributed by atoms with Gasteiger partial charge in [0.2, 0.25) is 0 Å². The Balaban J connectivity index is 3.07. The van der Waals surface area contributed by atoms with Crippen molar-refractivity contribution >= 4 is 17.6 Å². The zero-order chi connectivity index (χ0) is 17.7. The van der Waals surface area contributed by atoms with Crippen molar-refractivity contribution in [3.8, 4) is 0 Å². The van der Waals surface area contributed by atoms with E-state index in [1.807, 2.05) is 6.92 Å². The van der Waals surface area contributed by atoms with Crippen molar-refractivity contribution in [3.63, 3.8) is 0 Å². The van der Waals surface area contributed by atoms with Crippen molar-refractivity contribution in [2.45, 2.75) is 40.5 Å². The standard InChI is InChI=1S/C16H22N2O5/c1-5-6-12(16(20)21)8-17-15(19)13-9(2)7-10(3)14(11(13)4)18(22)23/h7,12H,5-6,8H2,1-4H3,(H,17,19)(H,20,21). The van der Waals surface area contributed by atoms with Crippen LogP contribution in [0, 0.1) is 36.8 Å². The van der Waals surface area contributed by atoms with Gasteiger partial charge in [0.1, 0.15) is 0 Å². The number of carbonyl (C=O) groups excluding carboxylic acids is 1. The molecule has 1 rings (SSSR count). The second kappa shape index (κ2) is 7.71. The molecule has 0 spiro atoms. The maximum Gasteiger partial charge on any atom is 0.308 e. The quantitative estimate of drug-likeness (QED) is 0.592. The molecule has 1 atom stereocenters. The molecule has 0 radical (unpaired) electrons. The minimum atomic E-state index is -0.963. The fraction of sp³-hybridized carbons (Fsp3) is 0.500. The number of nitrogens with one attached hydrogen (secondary N) is 1. The normalized spacial score (nSPS) is 11.8. The molecule has 2 N–H and O–H groups in total. The van der Waals surface area contributed by atoms with E-state index in [1.165, 1.54) is 6.92 Å². The highest BCUT2D eigenvalue weighted by molar-refractivity contribution is 5.98. The van der Waals surface area contributed by atoms with E-state index in [1.54, 1.807) is 19.9 Å². The second-order valence-electron chi connectivity index (χ2n) is 5.65. The molecule has 0 aliphatic carbocycles. The Morgan fingerprint density at radius 1 is 1.30 bits per heavy atom. The topological polar surface area (TPSA) is 110 Å². The van der Waals surface area contributed by atoms with E-state index < -0.39 is 22.7 Å². The van der Waals surface area contributed by atoms with Crippen molar-refractivity contribution in [2.24, 2.45) is 5.92 Å². The third kappa shape index (κ3) is 4.28. The molecule has 7 heteroatoms. The number of hydrogen-bond donors (Lipinski definition) is 2. The van der Waals surface area contributed by atoms with Crippen LogP contribution in [-0.2, 0) is 4.79 Å². The number of aryl methyl sites for hydroxylation is 2. The summed E-state index contributed by atoms with van der Waals surface area (Å²) in [6.45, 7) is 6.74. The van der Waals surface area contributed by atoms with Gasteiger partial charge in [-0.3, -0.25) is 19.7 Å². The van der Waals surface area contributed by atoms with Gasteiger partial charge in [0, 0.05) is 17.7 Å². The Hall–Kier alpha value is -2.44. The Bertz CT molecular complexity index is 640. The number of carboxylic acids is 1. The van der Waals surface area contributed by atoms with Crippen LogP contribution in [0.4, 0.5) is 5.69 Å². The molecule has 1 aromatic rings. The van der Waals surface area contributed by atoms with Crippen LogP contribution in [0.3, 0.4) is 0 Å². The van der Waals surface area contributed by atoms with Gasteiger partial charge in [0.25, 0.3) is 11.6 Å². The summed E-state index contributed by atoms with van der Waals surface area (Å²) < 4.78 is 0. The van der Waals surface area contributed by atoms with E-state index >= 15 is 0 Å². The Labute approximate surface area is 134 Å². The first-order chi connectivity index (χ1) is 10.7. The Kier molecular flexibility index (Phi) is 6.24. The minimum absolute atomic E-state index is 0.00254. The van der Waals surface area contributed by atoms with Crippen LogP contribution in [0.15, 0.2) is 6.07 Å². The van der Waals surface area contributed by atoms with Crippen LogP contribution in [0.1, 0.15) is 46.8 Å². The minimum Gasteiger partial charge on any atom is -0.481 e. The summed E-state index contributed by atoms with van der Waals surface area (Å²) in [5, 5.41) is 22.9. The summed E-state index contributed by atoms with van der Waals surface area (Å²) in [5.41, 5.74) is 1.58. The van der Waals surface area contributed by atoms with Crippen LogP contribution < -0.4 is 5.32 Å². The number of benzene rings is 1. The molecule has 126 valence electrons. The summed E-state index contributed by atoms with van der Waals surface area (Å²) in [7, 11) is 0. The van der Waals surface area contributed by atoms with Crippen LogP contribution >= 0.6 is 0 Å². The summed E-state index contributed by atoms with van der Waals surface area (Å²) in [5.74, 6) is -2.11. The van der Waals surface area contributed by atoms with Crippen molar-refractivity contribution in [1.29, 1.82) is 0 Å². The molecule has 0 aliphatic heterocycles. The average Bonchev–Trinajstić information content (AvgIpc) is 2.41. The number of carbonyl (C=O) groups is 2. The zero-order valence-electron chi connectivity index (χ0n) is 13.8. The van der Waals surface area contributed by atoms with Gasteiger partial charge >= 0.3 is 5.97 Å². The zero-order valence-corrected chi connectivity index (χ0v) is 13.8. The lowest BCUT2D eigenvalue weighted by Crippen LogP contribution is -2.33. The molecule has 0 aromatic heterocycles. The maximum atomic E-state index is 12.4. The van der Waals surface area contributed by atoms with Gasteiger partial charge in [-0.2, -0.15) is 0 Å². The van der Waals surface area contributed by atoms with Crippen molar-refractivity contribution < 1.29 is 19.6 Å². The number of carboxylic acid groups (broad SMARTS) is 1. The highest BCUT2D eigenvalue weighted by Gasteiger charge is 2.25. The average molecular weight is 322 g/mol. The predicted octanol–water partition coefficient (Wildman–Crippen LogP) is 2.75. The monoisotopic (exact) mass is 322 g/mol. The third-order valence-corrected chi connectivity index (χ3v) is 3.84. The third-order valence-electron chi connectivity index (χ3n) is 3.84. The smallest absolute Gasteiger partial charge is 0.308 e. The van der Waals surface area contributed by atoms with E-state index in [0.29, 0.717) is 29.5 Å². The van der Waals surface area contributed by atoms with Crippen LogP contribution in [0.5, 0.6) is 0 Å². The lowest BCUT2D eigenvalue weighted by Gasteiger charge is -2.15. The molecule has 0 heterocycles. The summed E-state index contributed by atoms with van der Waals surface area (Å²) in [6, 6.07) is 1.60. The van der Waals surface area contributed by atoms with Crippen molar-refractivity contribution in [1.82, 2.24) is 5.32 Å². The number of nitrogens with zero attached hydrogens (tertiary/aromatic N) is 1. The van der Waals surface area contributed by atoms with E-state index in [2.05, 4.69) is 5.32 Å². The van der Waals surface area contributed by atoms with Crippen LogP contribution in [-0.4, -0.2) is 28.5 Å². The van der Waals surface area contributed by atoms with Crippen molar-refractivity contribution in [3.05, 3.63) is 38.4 Å². The Morgan fingerprint density at radius 2 is 1.91 bits per heavy atom. The SMILES string of the molecule is CCCC(CNC(=O)c1c(C)cc(C)c([N+](=O)[O-])c1C)C(=O)O. The molecule has 0 fully saturated rings. The molecule has 0 aliphatic rings. The predicted molar refractivity (Wildman–Crippen MR) is 85.7 cm³/mol. The number of hydrogen-bond acceptors (Lipinski definition) is 4. The molecule has 0 bridgehead atoms. The molecule has 0 saturated carbocycles. The molecular formula is C16H22N2O5. The molecule has 1 amide bonds. The number of rotatable bonds is 7. The lowest BCUT2D eigenvalue weighted by atomic mass is 9.96. The Morgan fingerprint density at radius 3 is 2.39 bits per heavy atom. The molecule has 1 unspecified atom stereocenters. The fourth-order valence-electron chi connectivity index (χ4n) is 2.77. The number of aliphatic carboxylic acids is 1. The van der Waals surface area contributed by atoms with Crippen molar-refractivity contribution in [2.75, 3.05) is 6.54 Å². The first kappa shape index (κ1) is 18.6. The van der Waals surface area contributed by atoms with Gasteiger partial charge in [0.15, 0.2) is 0 Å². The number of nitro groups is 1. The van der Waals surface area contributed by atoms with Gasteiger partial charge in [-0.25, -0.2) is 0 Å². The van der Waals surface area contributed by atoms with Gasteiger partial charge in [-0.1, -0.05) is 13.3 Å². The molecular weight excluding hydrogens is 300 g/mol. The maximum absolute atomic E-state index is 12.4. The summed E-state index contributed by atoms with van der Waals surface area (Å²) in [6.07, 6.45) is 1.16. The van der Waals surface area contributed by atoms with Crippen LogP contribution in [0.25, 0.3) is 0 Å². The van der Waals surface area contributed by atoms with Crippen LogP contribution in [0.2, 0.25) is 0 Å². The van der Waals surface area contributed by atoms with E-state index in [-0.39, 0.29) is 17.8 Å². The summed E-state index contributed by atoms with van der Waals surface area (Å²) >= 11 is 0. The van der Waals surface area contributed by atoms with Gasteiger partial charge in [-0.05, 0) is 38.8 Å². The van der Waals surface area contributed by atoms with Gasteiger partial charge in [0.05, 0.1) is 16.4 Å². The van der Waals surface area contributed by atoms with E-state index in [0.717, 1.165) is 0 Å². The van der Waals surface area contributed by atoms with Gasteiger partial charge in [-0.15, -0.1) is 0 Å². The lowest BCUT2D eigenvalue weighted by molar-refractivity contribution is -0.386. The largest absolute Gasteiger partial charge is 0.481 e. The fourth-order valence-corrected chi connectivity index (χ4v) is 2.77. The van der Waals surface area contributed by atoms with Gasteiger partial charge < -0.3 is 10.4 Å². The van der Waals surface area contributed by atoms with E-state index in [9.17, 15) is 19.7 Å². The number of amides is 1. The highest BCUT2D eigenvalue weighted by atomic mass is 16.6. The molecule has 0 saturated heterocycles. The molecule has 1 aromatic carbocycles. The highest BCUT2D eigenvalue weighted by Crippen LogP contribution is 2.28. The second-order valence-corrected chi connectivity index (χ2v) is 5.65. The summed E-state index contributed by atoms with van der Waals surface area (Å²) in [4.78, 5) is 34.2. The first-order valence-electron chi connectivity index (χ1n) is 7.46. The first-order valence-corrected chi connectivity index (χ1v) is 7.46. The molecule has 23 heavy (non-hydrogen) atoms. The van der Waals surface area contributed by atoms with E-state index in [4.69, 9.17) is 5.11 Å². The molecule has 7 nitrogen and oxygen atoms in total. The number of nitro benzene ring substituents is 1.